The second-order valence-corrected chi connectivity index (χ2v) is 9.36. The molecule has 7 heteroatoms. The molecule has 182 valence electrons. The number of nitrogens with zero attached hydrogens (tertiary/aromatic N) is 1. The fourth-order valence-electron chi connectivity index (χ4n) is 4.91. The van der Waals surface area contributed by atoms with E-state index in [1.807, 2.05) is 30.3 Å². The van der Waals surface area contributed by atoms with Gasteiger partial charge in [-0.25, -0.2) is 8.78 Å². The van der Waals surface area contributed by atoms with Crippen molar-refractivity contribution in [1.29, 1.82) is 0 Å². The Morgan fingerprint density at radius 2 is 1.74 bits per heavy atom. The van der Waals surface area contributed by atoms with Crippen LogP contribution in [0.4, 0.5) is 8.78 Å². The molecule has 0 aliphatic carbocycles. The molecule has 0 bridgehead atoms. The molecule has 0 saturated carbocycles. The predicted molar refractivity (Wildman–Crippen MR) is 128 cm³/mol. The van der Waals surface area contributed by atoms with E-state index < -0.39 is 0 Å². The van der Waals surface area contributed by atoms with Crippen LogP contribution >= 0.6 is 0 Å². The maximum Gasteiger partial charge on any atom is 0.231 e. The smallest absolute Gasteiger partial charge is 0.231 e. The van der Waals surface area contributed by atoms with E-state index >= 15 is 0 Å². The quantitative estimate of drug-likeness (QED) is 0.546. The topological polar surface area (TPSA) is 50.8 Å². The number of fused-ring (bicyclic) bond motifs is 1. The first-order valence-corrected chi connectivity index (χ1v) is 11.8. The maximum absolute atomic E-state index is 13.9. The number of hydrogen-bond acceptors (Lipinski definition) is 4. The summed E-state index contributed by atoms with van der Waals surface area (Å²) in [6.45, 7) is 4.32. The zero-order valence-corrected chi connectivity index (χ0v) is 19.6. The van der Waals surface area contributed by atoms with E-state index in [2.05, 4.69) is 10.2 Å². The van der Waals surface area contributed by atoms with E-state index in [1.54, 1.807) is 19.1 Å². The van der Waals surface area contributed by atoms with E-state index in [0.29, 0.717) is 43.1 Å². The Morgan fingerprint density at radius 1 is 0.971 bits per heavy atom. The minimum atomic E-state index is -0.271. The van der Waals surface area contributed by atoms with Crippen LogP contribution in [0.25, 0.3) is 0 Å². The molecule has 2 aliphatic heterocycles. The van der Waals surface area contributed by atoms with Crippen LogP contribution in [0.1, 0.15) is 34.6 Å². The second kappa shape index (κ2) is 10.0. The second-order valence-electron chi connectivity index (χ2n) is 9.36. The van der Waals surface area contributed by atoms with Gasteiger partial charge in [-0.2, -0.15) is 0 Å². The van der Waals surface area contributed by atoms with E-state index in [4.69, 9.17) is 9.47 Å². The highest BCUT2D eigenvalue weighted by Crippen LogP contribution is 2.34. The van der Waals surface area contributed by atoms with Crippen LogP contribution < -0.4 is 14.8 Å². The van der Waals surface area contributed by atoms with Crippen molar-refractivity contribution in [3.63, 3.8) is 0 Å². The fourth-order valence-corrected chi connectivity index (χ4v) is 4.91. The van der Waals surface area contributed by atoms with Crippen LogP contribution in [0.3, 0.4) is 0 Å². The Kier molecular flexibility index (Phi) is 6.68. The first-order valence-electron chi connectivity index (χ1n) is 11.8. The highest BCUT2D eigenvalue weighted by Gasteiger charge is 2.32. The van der Waals surface area contributed by atoms with Crippen molar-refractivity contribution in [2.24, 2.45) is 5.92 Å². The van der Waals surface area contributed by atoms with E-state index in [0.717, 1.165) is 23.2 Å². The average molecular weight is 479 g/mol. The Balaban J connectivity index is 1.30. The fraction of sp³-hybridized carbons (Fsp3) is 0.321. The average Bonchev–Trinajstić information content (AvgIpc) is 3.33. The standard InChI is InChI=1S/C28H28F2N2O3/c1-18-10-21(5-8-25(18)30)22-12-23(16-32(15-22)14-19-2-6-24(29)7-3-19)28(33)31-13-20-4-9-26-27(11-20)35-17-34-26/h2-11,22-23H,12-17H2,1H3,(H,31,33). The number of amides is 1. The van der Waals surface area contributed by atoms with Crippen LogP contribution in [-0.4, -0.2) is 30.7 Å². The number of piperidine rings is 1. The van der Waals surface area contributed by atoms with Crippen molar-refractivity contribution >= 4 is 5.91 Å². The normalized spacial score (nSPS) is 19.5. The molecule has 3 aromatic carbocycles. The van der Waals surface area contributed by atoms with Crippen LogP contribution in [0, 0.1) is 24.5 Å². The van der Waals surface area contributed by atoms with Crippen molar-refractivity contribution in [1.82, 2.24) is 10.2 Å². The maximum atomic E-state index is 13.9. The van der Waals surface area contributed by atoms with Gasteiger partial charge in [0.25, 0.3) is 0 Å². The van der Waals surface area contributed by atoms with Gasteiger partial charge in [-0.1, -0.05) is 30.3 Å². The van der Waals surface area contributed by atoms with Gasteiger partial charge in [0.15, 0.2) is 11.5 Å². The molecule has 0 aromatic heterocycles. The molecule has 5 rings (SSSR count). The number of benzene rings is 3. The lowest BCUT2D eigenvalue weighted by Crippen LogP contribution is -2.45. The summed E-state index contributed by atoms with van der Waals surface area (Å²) in [6, 6.07) is 17.3. The van der Waals surface area contributed by atoms with Crippen LogP contribution in [0.15, 0.2) is 60.7 Å². The van der Waals surface area contributed by atoms with Gasteiger partial charge >= 0.3 is 0 Å². The molecule has 5 nitrogen and oxygen atoms in total. The number of aryl methyl sites for hydroxylation is 1. The van der Waals surface area contributed by atoms with Gasteiger partial charge in [0.2, 0.25) is 12.7 Å². The van der Waals surface area contributed by atoms with Gasteiger partial charge in [0.05, 0.1) is 5.92 Å². The van der Waals surface area contributed by atoms with Gasteiger partial charge < -0.3 is 14.8 Å². The minimum absolute atomic E-state index is 0.0182. The van der Waals surface area contributed by atoms with Gasteiger partial charge in [0, 0.05) is 26.2 Å². The van der Waals surface area contributed by atoms with E-state index in [1.165, 1.54) is 18.2 Å². The van der Waals surface area contributed by atoms with Crippen LogP contribution in [0.2, 0.25) is 0 Å². The molecule has 1 amide bonds. The lowest BCUT2D eigenvalue weighted by atomic mass is 9.83. The van der Waals surface area contributed by atoms with Gasteiger partial charge in [-0.3, -0.25) is 9.69 Å². The molecule has 1 N–H and O–H groups in total. The first kappa shape index (κ1) is 23.3. The third kappa shape index (κ3) is 5.46. The van der Waals surface area contributed by atoms with Crippen molar-refractivity contribution in [3.8, 4) is 11.5 Å². The van der Waals surface area contributed by atoms with E-state index in [-0.39, 0.29) is 36.2 Å². The highest BCUT2D eigenvalue weighted by molar-refractivity contribution is 5.79. The zero-order valence-electron chi connectivity index (χ0n) is 19.6. The molecule has 2 aliphatic rings. The molecule has 1 saturated heterocycles. The summed E-state index contributed by atoms with van der Waals surface area (Å²) >= 11 is 0. The summed E-state index contributed by atoms with van der Waals surface area (Å²) in [5.41, 5.74) is 3.55. The zero-order chi connectivity index (χ0) is 24.4. The monoisotopic (exact) mass is 478 g/mol. The summed E-state index contributed by atoms with van der Waals surface area (Å²) in [6.07, 6.45) is 0.679. The summed E-state index contributed by atoms with van der Waals surface area (Å²) < 4.78 is 38.0. The predicted octanol–water partition coefficient (Wildman–Crippen LogP) is 4.92. The molecule has 2 atom stereocenters. The van der Waals surface area contributed by atoms with Crippen molar-refractivity contribution in [2.45, 2.75) is 32.4 Å². The lowest BCUT2D eigenvalue weighted by molar-refractivity contribution is -0.127. The molecule has 1 fully saturated rings. The Morgan fingerprint density at radius 3 is 2.54 bits per heavy atom. The number of rotatable bonds is 6. The summed E-state index contributed by atoms with van der Waals surface area (Å²) in [5, 5.41) is 3.07. The molecule has 2 unspecified atom stereocenters. The number of carbonyl (C=O) groups is 1. The molecule has 2 heterocycles. The number of halogens is 2. The number of hydrogen-bond donors (Lipinski definition) is 1. The number of likely N-dealkylation sites (tertiary alicyclic amines) is 1. The van der Waals surface area contributed by atoms with Gasteiger partial charge in [-0.05, 0) is 71.8 Å². The Hall–Kier alpha value is -3.45. The summed E-state index contributed by atoms with van der Waals surface area (Å²) in [5.74, 6) is 0.736. The Labute approximate surface area is 203 Å². The molecule has 0 radical (unpaired) electrons. The molecule has 35 heavy (non-hydrogen) atoms. The van der Waals surface area contributed by atoms with Gasteiger partial charge in [0.1, 0.15) is 11.6 Å². The van der Waals surface area contributed by atoms with Crippen molar-refractivity contribution in [3.05, 3.63) is 94.6 Å². The van der Waals surface area contributed by atoms with Crippen molar-refractivity contribution < 1.29 is 23.0 Å². The molecule has 3 aromatic rings. The van der Waals surface area contributed by atoms with Gasteiger partial charge in [-0.15, -0.1) is 0 Å². The number of carbonyl (C=O) groups excluding carboxylic acids is 1. The third-order valence-corrected chi connectivity index (χ3v) is 6.77. The number of ether oxygens (including phenoxy) is 2. The molecular weight excluding hydrogens is 450 g/mol. The SMILES string of the molecule is Cc1cc(C2CC(C(=O)NCc3ccc4c(c3)OCO4)CN(Cc3ccc(F)cc3)C2)ccc1F. The van der Waals surface area contributed by atoms with Crippen LogP contribution in [-0.2, 0) is 17.9 Å². The highest BCUT2D eigenvalue weighted by atomic mass is 19.1. The Bertz CT molecular complexity index is 1220. The van der Waals surface area contributed by atoms with Crippen LogP contribution in [0.5, 0.6) is 11.5 Å². The summed E-state index contributed by atoms with van der Waals surface area (Å²) in [7, 11) is 0. The lowest BCUT2D eigenvalue weighted by Gasteiger charge is -2.37. The van der Waals surface area contributed by atoms with Crippen molar-refractivity contribution in [2.75, 3.05) is 19.9 Å². The first-order chi connectivity index (χ1) is 16.9. The minimum Gasteiger partial charge on any atom is -0.454 e. The summed E-state index contributed by atoms with van der Waals surface area (Å²) in [4.78, 5) is 15.5. The largest absolute Gasteiger partial charge is 0.454 e. The third-order valence-electron chi connectivity index (χ3n) is 6.77. The number of nitrogens with one attached hydrogen (secondary N) is 1. The molecular formula is C28H28F2N2O3. The van der Waals surface area contributed by atoms with E-state index in [9.17, 15) is 13.6 Å². The molecule has 0 spiro atoms.